The summed E-state index contributed by atoms with van der Waals surface area (Å²) in [6, 6.07) is 8.28. The van der Waals surface area contributed by atoms with Crippen LogP contribution >= 0.6 is 0 Å². The Kier molecular flexibility index (Phi) is 3.50. The number of benzene rings is 1. The molecule has 0 radical (unpaired) electrons. The summed E-state index contributed by atoms with van der Waals surface area (Å²) >= 11 is 0. The summed E-state index contributed by atoms with van der Waals surface area (Å²) < 4.78 is 5.63. The number of nitrogens with one attached hydrogen (secondary N) is 1. The summed E-state index contributed by atoms with van der Waals surface area (Å²) in [7, 11) is 0. The topological polar surface area (TPSA) is 45.4 Å². The molecule has 0 bridgehead atoms. The molecule has 3 heteroatoms. The molecule has 0 saturated carbocycles. The van der Waals surface area contributed by atoms with Crippen molar-refractivity contribution in [3.63, 3.8) is 0 Å². The molecule has 0 fully saturated rings. The highest BCUT2D eigenvalue weighted by Crippen LogP contribution is 2.24. The molecule has 2 N–H and O–H groups in total. The lowest BCUT2D eigenvalue weighted by atomic mass is 10.1. The van der Waals surface area contributed by atoms with Crippen LogP contribution in [-0.4, -0.2) is 17.7 Å². The fourth-order valence-corrected chi connectivity index (χ4v) is 1.80. The number of hydrogen-bond donors (Lipinski definition) is 2. The Morgan fingerprint density at radius 2 is 2.06 bits per heavy atom. The van der Waals surface area contributed by atoms with Gasteiger partial charge < -0.3 is 14.8 Å². The first-order valence-electron chi connectivity index (χ1n) is 5.98. The largest absolute Gasteiger partial charge is 0.458 e. The van der Waals surface area contributed by atoms with E-state index in [2.05, 4.69) is 25.2 Å². The van der Waals surface area contributed by atoms with Gasteiger partial charge >= 0.3 is 0 Å². The summed E-state index contributed by atoms with van der Waals surface area (Å²) in [6.07, 6.45) is -0.592. The molecule has 92 valence electrons. The lowest BCUT2D eigenvalue weighted by Crippen LogP contribution is -2.27. The number of furan rings is 1. The van der Waals surface area contributed by atoms with E-state index in [-0.39, 0.29) is 0 Å². The number of rotatable bonds is 4. The molecule has 1 atom stereocenters. The third-order valence-electron chi connectivity index (χ3n) is 2.74. The Balaban J connectivity index is 2.18. The smallest absolute Gasteiger partial charge is 0.135 e. The number of fused-ring (bicyclic) bond motifs is 1. The van der Waals surface area contributed by atoms with Crippen LogP contribution in [0.1, 0.15) is 31.3 Å². The van der Waals surface area contributed by atoms with Crippen LogP contribution in [0.15, 0.2) is 28.7 Å². The van der Waals surface area contributed by atoms with Gasteiger partial charge in [-0.15, -0.1) is 0 Å². The van der Waals surface area contributed by atoms with Gasteiger partial charge in [0.2, 0.25) is 0 Å². The lowest BCUT2D eigenvalue weighted by molar-refractivity contribution is 0.147. The van der Waals surface area contributed by atoms with Crippen molar-refractivity contribution in [1.82, 2.24) is 5.32 Å². The van der Waals surface area contributed by atoms with E-state index in [9.17, 15) is 5.11 Å². The molecule has 0 aliphatic heterocycles. The molecule has 2 rings (SSSR count). The Labute approximate surface area is 101 Å². The van der Waals surface area contributed by atoms with Crippen LogP contribution in [0.2, 0.25) is 0 Å². The number of aryl methyl sites for hydroxylation is 1. The average molecular weight is 233 g/mol. The quantitative estimate of drug-likeness (QED) is 0.853. The predicted molar refractivity (Wildman–Crippen MR) is 69.0 cm³/mol. The maximum atomic E-state index is 9.98. The maximum absolute atomic E-state index is 9.98. The molecule has 1 heterocycles. The summed E-state index contributed by atoms with van der Waals surface area (Å²) in [5.74, 6) is 0.624. The molecule has 3 nitrogen and oxygen atoms in total. The summed E-state index contributed by atoms with van der Waals surface area (Å²) in [5.41, 5.74) is 2.02. The van der Waals surface area contributed by atoms with Gasteiger partial charge in [0.15, 0.2) is 0 Å². The molecule has 17 heavy (non-hydrogen) atoms. The number of aliphatic hydroxyl groups excluding tert-OH is 1. The SMILES string of the molecule is Cc1ccc2oc(C(O)CNC(C)C)cc2c1. The zero-order chi connectivity index (χ0) is 12.4. The van der Waals surface area contributed by atoms with Crippen LogP contribution < -0.4 is 5.32 Å². The minimum absolute atomic E-state index is 0.358. The van der Waals surface area contributed by atoms with Crippen LogP contribution in [0.5, 0.6) is 0 Å². The summed E-state index contributed by atoms with van der Waals surface area (Å²) in [6.45, 7) is 6.66. The van der Waals surface area contributed by atoms with Crippen molar-refractivity contribution in [1.29, 1.82) is 0 Å². The highest BCUT2D eigenvalue weighted by atomic mass is 16.4. The fourth-order valence-electron chi connectivity index (χ4n) is 1.80. The molecule has 1 aromatic heterocycles. The minimum atomic E-state index is -0.592. The van der Waals surface area contributed by atoms with Gasteiger partial charge in [-0.25, -0.2) is 0 Å². The third kappa shape index (κ3) is 2.87. The molecular formula is C14H19NO2. The predicted octanol–water partition coefficient (Wildman–Crippen LogP) is 2.77. The van der Waals surface area contributed by atoms with Crippen LogP contribution in [0.4, 0.5) is 0 Å². The molecule has 0 aliphatic carbocycles. The molecule has 0 saturated heterocycles. The fraction of sp³-hybridized carbons (Fsp3) is 0.429. The molecule has 1 aromatic carbocycles. The van der Waals surface area contributed by atoms with Gasteiger partial charge in [0.1, 0.15) is 17.4 Å². The number of aliphatic hydroxyl groups is 1. The highest BCUT2D eigenvalue weighted by molar-refractivity contribution is 5.78. The highest BCUT2D eigenvalue weighted by Gasteiger charge is 2.13. The number of hydrogen-bond acceptors (Lipinski definition) is 3. The first-order valence-corrected chi connectivity index (χ1v) is 5.98. The minimum Gasteiger partial charge on any atom is -0.458 e. The monoisotopic (exact) mass is 233 g/mol. The van der Waals surface area contributed by atoms with Crippen LogP contribution in [0.25, 0.3) is 11.0 Å². The Hall–Kier alpha value is -1.32. The molecule has 0 spiro atoms. The van der Waals surface area contributed by atoms with Crippen molar-refractivity contribution in [2.45, 2.75) is 32.9 Å². The van der Waals surface area contributed by atoms with Crippen LogP contribution in [0.3, 0.4) is 0 Å². The molecule has 0 amide bonds. The van der Waals surface area contributed by atoms with E-state index in [0.717, 1.165) is 11.0 Å². The van der Waals surface area contributed by atoms with E-state index in [1.165, 1.54) is 5.56 Å². The first kappa shape index (κ1) is 12.1. The maximum Gasteiger partial charge on any atom is 0.135 e. The standard InChI is InChI=1S/C14H19NO2/c1-9(2)15-8-12(16)14-7-11-6-10(3)4-5-13(11)17-14/h4-7,9,12,15-16H,8H2,1-3H3. The molecular weight excluding hydrogens is 214 g/mol. The van der Waals surface area contributed by atoms with Crippen molar-refractivity contribution in [2.24, 2.45) is 0 Å². The zero-order valence-corrected chi connectivity index (χ0v) is 10.5. The molecule has 1 unspecified atom stereocenters. The second-order valence-electron chi connectivity index (χ2n) is 4.77. The zero-order valence-electron chi connectivity index (χ0n) is 10.5. The summed E-state index contributed by atoms with van der Waals surface area (Å²) in [4.78, 5) is 0. The van der Waals surface area contributed by atoms with Crippen molar-refractivity contribution in [2.75, 3.05) is 6.54 Å². The van der Waals surface area contributed by atoms with Gasteiger partial charge in [0, 0.05) is 18.0 Å². The second kappa shape index (κ2) is 4.90. The lowest BCUT2D eigenvalue weighted by Gasteiger charge is -2.11. The Bertz CT molecular complexity index is 502. The molecule has 2 aromatic rings. The third-order valence-corrected chi connectivity index (χ3v) is 2.74. The van der Waals surface area contributed by atoms with Crippen LogP contribution in [-0.2, 0) is 0 Å². The van der Waals surface area contributed by atoms with Gasteiger partial charge in [-0.1, -0.05) is 25.5 Å². The summed E-state index contributed by atoms with van der Waals surface area (Å²) in [5, 5.41) is 14.2. The van der Waals surface area contributed by atoms with E-state index in [4.69, 9.17) is 4.42 Å². The van der Waals surface area contributed by atoms with Gasteiger partial charge in [-0.2, -0.15) is 0 Å². The van der Waals surface area contributed by atoms with Crippen molar-refractivity contribution in [3.05, 3.63) is 35.6 Å². The first-order chi connectivity index (χ1) is 8.06. The van der Waals surface area contributed by atoms with Crippen molar-refractivity contribution >= 4 is 11.0 Å². The molecule has 0 aliphatic rings. The average Bonchev–Trinajstić information content (AvgIpc) is 2.68. The second-order valence-corrected chi connectivity index (χ2v) is 4.77. The van der Waals surface area contributed by atoms with E-state index >= 15 is 0 Å². The van der Waals surface area contributed by atoms with Crippen molar-refractivity contribution in [3.8, 4) is 0 Å². The Morgan fingerprint density at radius 1 is 1.29 bits per heavy atom. The van der Waals surface area contributed by atoms with Gasteiger partial charge in [0.05, 0.1) is 0 Å². The van der Waals surface area contributed by atoms with Gasteiger partial charge in [-0.05, 0) is 25.1 Å². The van der Waals surface area contributed by atoms with E-state index in [1.807, 2.05) is 25.1 Å². The van der Waals surface area contributed by atoms with Gasteiger partial charge in [0.25, 0.3) is 0 Å². The van der Waals surface area contributed by atoms with E-state index in [0.29, 0.717) is 18.3 Å². The van der Waals surface area contributed by atoms with Crippen LogP contribution in [0, 0.1) is 6.92 Å². The van der Waals surface area contributed by atoms with Gasteiger partial charge in [-0.3, -0.25) is 0 Å². The Morgan fingerprint density at radius 3 is 2.76 bits per heavy atom. The van der Waals surface area contributed by atoms with E-state index in [1.54, 1.807) is 0 Å². The van der Waals surface area contributed by atoms with E-state index < -0.39 is 6.10 Å². The normalized spacial score (nSPS) is 13.5. The van der Waals surface area contributed by atoms with Crippen molar-refractivity contribution < 1.29 is 9.52 Å².